The summed E-state index contributed by atoms with van der Waals surface area (Å²) in [4.78, 5) is 14.0. The first-order valence-corrected chi connectivity index (χ1v) is 7.04. The van der Waals surface area contributed by atoms with Crippen LogP contribution in [0.1, 0.15) is 30.4 Å². The maximum Gasteiger partial charge on any atom is 0.224 e. The predicted molar refractivity (Wildman–Crippen MR) is 76.6 cm³/mol. The summed E-state index contributed by atoms with van der Waals surface area (Å²) in [6, 6.07) is 6.04. The molecule has 0 bridgehead atoms. The molecule has 0 fully saturated rings. The lowest BCUT2D eigenvalue weighted by atomic mass is 9.95. The van der Waals surface area contributed by atoms with Crippen molar-refractivity contribution in [3.63, 3.8) is 0 Å². The number of carbonyl (C=O) groups is 1. The van der Waals surface area contributed by atoms with E-state index >= 15 is 0 Å². The molecule has 2 rings (SSSR count). The van der Waals surface area contributed by atoms with Crippen LogP contribution in [0.3, 0.4) is 0 Å². The maximum atomic E-state index is 12.1. The van der Waals surface area contributed by atoms with E-state index in [1.165, 1.54) is 11.1 Å². The smallest absolute Gasteiger partial charge is 0.224 e. The Kier molecular flexibility index (Phi) is 4.83. The molecule has 1 aromatic rings. The quantitative estimate of drug-likeness (QED) is 0.853. The summed E-state index contributed by atoms with van der Waals surface area (Å²) in [7, 11) is 1.62. The zero-order valence-electron chi connectivity index (χ0n) is 11.5. The monoisotopic (exact) mass is 281 g/mol. The van der Waals surface area contributed by atoms with E-state index in [9.17, 15) is 4.79 Å². The number of methoxy groups -OCH3 is 1. The Bertz CT molecular complexity index is 461. The van der Waals surface area contributed by atoms with Crippen LogP contribution in [0.4, 0.5) is 0 Å². The van der Waals surface area contributed by atoms with Crippen molar-refractivity contribution in [3.8, 4) is 0 Å². The predicted octanol–water partition coefficient (Wildman–Crippen LogP) is 2.86. The fourth-order valence-electron chi connectivity index (χ4n) is 2.60. The van der Waals surface area contributed by atoms with Gasteiger partial charge in [-0.05, 0) is 35.6 Å². The average molecular weight is 282 g/mol. The van der Waals surface area contributed by atoms with Gasteiger partial charge in [0.15, 0.2) is 0 Å². The second kappa shape index (κ2) is 6.40. The molecule has 0 N–H and O–H groups in total. The lowest BCUT2D eigenvalue weighted by Gasteiger charge is -2.23. The van der Waals surface area contributed by atoms with Crippen molar-refractivity contribution >= 4 is 17.5 Å². The van der Waals surface area contributed by atoms with E-state index in [1.54, 1.807) is 7.11 Å². The van der Waals surface area contributed by atoms with E-state index in [4.69, 9.17) is 16.3 Å². The van der Waals surface area contributed by atoms with Crippen LogP contribution in [0.2, 0.25) is 5.02 Å². The summed E-state index contributed by atoms with van der Waals surface area (Å²) in [5.41, 5.74) is 2.58. The SMILES string of the molecule is COCCC(=O)N1CCc2ccc(Cl)cc2[C@@H](C)C1. The Morgan fingerprint density at radius 1 is 1.53 bits per heavy atom. The van der Waals surface area contributed by atoms with Crippen molar-refractivity contribution in [2.75, 3.05) is 26.8 Å². The molecule has 0 aliphatic carbocycles. The third-order valence-electron chi connectivity index (χ3n) is 3.66. The topological polar surface area (TPSA) is 29.5 Å². The Morgan fingerprint density at radius 3 is 3.05 bits per heavy atom. The fraction of sp³-hybridized carbons (Fsp3) is 0.533. The van der Waals surface area contributed by atoms with E-state index in [0.717, 1.165) is 24.5 Å². The zero-order chi connectivity index (χ0) is 13.8. The first kappa shape index (κ1) is 14.4. The van der Waals surface area contributed by atoms with Gasteiger partial charge in [0, 0.05) is 25.2 Å². The molecule has 1 atom stereocenters. The van der Waals surface area contributed by atoms with Gasteiger partial charge in [-0.15, -0.1) is 0 Å². The molecule has 0 unspecified atom stereocenters. The van der Waals surface area contributed by atoms with Gasteiger partial charge in [-0.1, -0.05) is 24.6 Å². The summed E-state index contributed by atoms with van der Waals surface area (Å²) in [5, 5.41) is 0.768. The number of rotatable bonds is 3. The zero-order valence-corrected chi connectivity index (χ0v) is 12.2. The highest BCUT2D eigenvalue weighted by atomic mass is 35.5. The molecule has 1 aromatic carbocycles. The molecule has 3 nitrogen and oxygen atoms in total. The van der Waals surface area contributed by atoms with Gasteiger partial charge < -0.3 is 9.64 Å². The van der Waals surface area contributed by atoms with E-state index in [-0.39, 0.29) is 5.91 Å². The summed E-state index contributed by atoms with van der Waals surface area (Å²) in [5.74, 6) is 0.496. The molecule has 4 heteroatoms. The molecule has 1 aliphatic heterocycles. The summed E-state index contributed by atoms with van der Waals surface area (Å²) >= 11 is 6.07. The second-order valence-corrected chi connectivity index (χ2v) is 5.51. The molecule has 0 spiro atoms. The lowest BCUT2D eigenvalue weighted by Crippen LogP contribution is -2.34. The number of ether oxygens (including phenoxy) is 1. The Labute approximate surface area is 119 Å². The van der Waals surface area contributed by atoms with Crippen molar-refractivity contribution in [2.24, 2.45) is 0 Å². The van der Waals surface area contributed by atoms with Gasteiger partial charge in [0.25, 0.3) is 0 Å². The number of benzene rings is 1. The highest BCUT2D eigenvalue weighted by molar-refractivity contribution is 6.30. The number of amides is 1. The molecule has 1 heterocycles. The van der Waals surface area contributed by atoms with E-state index < -0.39 is 0 Å². The van der Waals surface area contributed by atoms with E-state index in [1.807, 2.05) is 17.0 Å². The van der Waals surface area contributed by atoms with Crippen molar-refractivity contribution in [1.82, 2.24) is 4.90 Å². The number of halogens is 1. The van der Waals surface area contributed by atoms with Gasteiger partial charge in [0.1, 0.15) is 0 Å². The molecule has 1 aliphatic rings. The second-order valence-electron chi connectivity index (χ2n) is 5.08. The van der Waals surface area contributed by atoms with Gasteiger partial charge in [-0.25, -0.2) is 0 Å². The number of hydrogen-bond acceptors (Lipinski definition) is 2. The molecular weight excluding hydrogens is 262 g/mol. The van der Waals surface area contributed by atoms with Crippen LogP contribution in [0.15, 0.2) is 18.2 Å². The van der Waals surface area contributed by atoms with Gasteiger partial charge in [-0.3, -0.25) is 4.79 Å². The molecule has 0 saturated carbocycles. The third-order valence-corrected chi connectivity index (χ3v) is 3.89. The minimum atomic E-state index is 0.174. The van der Waals surface area contributed by atoms with Crippen LogP contribution < -0.4 is 0 Å². The highest BCUT2D eigenvalue weighted by Crippen LogP contribution is 2.28. The largest absolute Gasteiger partial charge is 0.384 e. The molecule has 0 radical (unpaired) electrons. The van der Waals surface area contributed by atoms with Crippen LogP contribution in [0, 0.1) is 0 Å². The highest BCUT2D eigenvalue weighted by Gasteiger charge is 2.23. The van der Waals surface area contributed by atoms with E-state index in [2.05, 4.69) is 13.0 Å². The van der Waals surface area contributed by atoms with Crippen molar-refractivity contribution in [2.45, 2.75) is 25.7 Å². The van der Waals surface area contributed by atoms with Crippen LogP contribution >= 0.6 is 11.6 Å². The minimum absolute atomic E-state index is 0.174. The summed E-state index contributed by atoms with van der Waals surface area (Å²) in [6.07, 6.45) is 1.36. The molecular formula is C15H20ClNO2. The van der Waals surface area contributed by atoms with Crippen LogP contribution in [0.5, 0.6) is 0 Å². The standard InChI is InChI=1S/C15H20ClNO2/c1-11-10-17(15(18)6-8-19-2)7-5-12-3-4-13(16)9-14(11)12/h3-4,9,11H,5-8,10H2,1-2H3/t11-/m0/s1. The number of carbonyl (C=O) groups excluding carboxylic acids is 1. The van der Waals surface area contributed by atoms with Crippen molar-refractivity contribution < 1.29 is 9.53 Å². The number of nitrogens with zero attached hydrogens (tertiary/aromatic N) is 1. The molecule has 0 aromatic heterocycles. The first-order valence-electron chi connectivity index (χ1n) is 6.67. The normalized spacial score (nSPS) is 18.9. The molecule has 1 amide bonds. The van der Waals surface area contributed by atoms with Gasteiger partial charge >= 0.3 is 0 Å². The molecule has 104 valence electrons. The van der Waals surface area contributed by atoms with Gasteiger partial charge in [-0.2, -0.15) is 0 Å². The Hall–Kier alpha value is -1.06. The van der Waals surface area contributed by atoms with Crippen LogP contribution in [-0.4, -0.2) is 37.6 Å². The summed E-state index contributed by atoms with van der Waals surface area (Å²) < 4.78 is 4.97. The van der Waals surface area contributed by atoms with Crippen LogP contribution in [0.25, 0.3) is 0 Å². The van der Waals surface area contributed by atoms with Gasteiger partial charge in [0.2, 0.25) is 5.91 Å². The van der Waals surface area contributed by atoms with E-state index in [0.29, 0.717) is 18.9 Å². The van der Waals surface area contributed by atoms with Crippen molar-refractivity contribution in [1.29, 1.82) is 0 Å². The Balaban J connectivity index is 2.11. The van der Waals surface area contributed by atoms with Crippen LogP contribution in [-0.2, 0) is 16.0 Å². The number of fused-ring (bicyclic) bond motifs is 1. The fourth-order valence-corrected chi connectivity index (χ4v) is 2.78. The first-order chi connectivity index (χ1) is 9.11. The van der Waals surface area contributed by atoms with Crippen molar-refractivity contribution in [3.05, 3.63) is 34.3 Å². The third kappa shape index (κ3) is 3.48. The Morgan fingerprint density at radius 2 is 2.32 bits per heavy atom. The maximum absolute atomic E-state index is 12.1. The summed E-state index contributed by atoms with van der Waals surface area (Å²) in [6.45, 7) is 4.18. The molecule has 0 saturated heterocycles. The minimum Gasteiger partial charge on any atom is -0.384 e. The molecule has 19 heavy (non-hydrogen) atoms. The average Bonchev–Trinajstić information content (AvgIpc) is 2.56. The number of hydrogen-bond donors (Lipinski definition) is 0. The van der Waals surface area contributed by atoms with Gasteiger partial charge in [0.05, 0.1) is 13.0 Å². The lowest BCUT2D eigenvalue weighted by molar-refractivity contribution is -0.132.